The number of carboxylic acid groups (broad SMARTS) is 1. The number of nitrogens with one attached hydrogen (secondary N) is 4. The van der Waals surface area contributed by atoms with E-state index in [-0.39, 0.29) is 23.7 Å². The number of rotatable bonds is 11. The van der Waals surface area contributed by atoms with Crippen LogP contribution in [0.4, 0.5) is 33.6 Å². The molecule has 286 valence electrons. The van der Waals surface area contributed by atoms with Gasteiger partial charge in [-0.1, -0.05) is 54.6 Å². The minimum Gasteiger partial charge on any atom is -0.478 e. The van der Waals surface area contributed by atoms with Crippen molar-refractivity contribution >= 4 is 29.4 Å². The van der Waals surface area contributed by atoms with Gasteiger partial charge in [0.05, 0.1) is 24.0 Å². The lowest BCUT2D eigenvalue weighted by Crippen LogP contribution is -2.18. The SMILES string of the molecule is O=C(Cc1c(F)c(F)c(-c2ccccc2F)c(F)c1F)Nc1cc(C2CC2)[nH]n1.O=C(Cc1ccc(-c2ccc(C(=O)O)cc2)cc1)Nc1cc(C2CC2)[nH]n1. The van der Waals surface area contributed by atoms with E-state index in [9.17, 15) is 36.3 Å². The first kappa shape index (κ1) is 37.7. The quantitative estimate of drug-likeness (QED) is 0.0657. The lowest BCUT2D eigenvalue weighted by molar-refractivity contribution is -0.116. The molecule has 2 aliphatic rings. The average molecular weight is 769 g/mol. The van der Waals surface area contributed by atoms with Crippen molar-refractivity contribution in [1.29, 1.82) is 0 Å². The van der Waals surface area contributed by atoms with Gasteiger partial charge in [0.15, 0.2) is 34.9 Å². The van der Waals surface area contributed by atoms with Crippen LogP contribution in [0.25, 0.3) is 22.3 Å². The van der Waals surface area contributed by atoms with E-state index in [1.807, 2.05) is 30.3 Å². The van der Waals surface area contributed by atoms with Crippen LogP contribution >= 0.6 is 0 Å². The molecule has 2 aliphatic carbocycles. The molecule has 10 nitrogen and oxygen atoms in total. The monoisotopic (exact) mass is 768 g/mol. The number of carboxylic acids is 1. The summed E-state index contributed by atoms with van der Waals surface area (Å²) in [5.74, 6) is -8.42. The third kappa shape index (κ3) is 8.67. The number of aromatic amines is 2. The molecule has 5 N–H and O–H groups in total. The van der Waals surface area contributed by atoms with Gasteiger partial charge in [0.2, 0.25) is 11.8 Å². The average Bonchev–Trinajstić information content (AvgIpc) is 4.13. The second kappa shape index (κ2) is 16.0. The minimum atomic E-state index is -1.77. The molecule has 2 fully saturated rings. The number of anilines is 2. The zero-order chi connectivity index (χ0) is 39.5. The molecule has 56 heavy (non-hydrogen) atoms. The Morgan fingerprint density at radius 1 is 0.643 bits per heavy atom. The maximum absolute atomic E-state index is 14.4. The fraction of sp³-hybridized carbons (Fsp3) is 0.195. The van der Waals surface area contributed by atoms with Gasteiger partial charge in [0.25, 0.3) is 0 Å². The maximum Gasteiger partial charge on any atom is 0.335 e. The fourth-order valence-corrected chi connectivity index (χ4v) is 6.08. The van der Waals surface area contributed by atoms with E-state index < -0.39 is 64.1 Å². The topological polar surface area (TPSA) is 153 Å². The zero-order valence-electron chi connectivity index (χ0n) is 29.4. The second-order valence-corrected chi connectivity index (χ2v) is 13.6. The van der Waals surface area contributed by atoms with Crippen molar-refractivity contribution in [2.45, 2.75) is 50.4 Å². The van der Waals surface area contributed by atoms with Crippen LogP contribution in [-0.2, 0) is 22.4 Å². The Kier molecular flexibility index (Phi) is 10.8. The molecule has 15 heteroatoms. The molecule has 2 aromatic heterocycles. The van der Waals surface area contributed by atoms with Gasteiger partial charge in [0, 0.05) is 46.5 Å². The lowest BCUT2D eigenvalue weighted by Gasteiger charge is -2.12. The summed E-state index contributed by atoms with van der Waals surface area (Å²) < 4.78 is 71.6. The number of benzene rings is 4. The smallest absolute Gasteiger partial charge is 0.335 e. The molecular weight excluding hydrogens is 735 g/mol. The Hall–Kier alpha value is -6.64. The number of hydrogen-bond donors (Lipinski definition) is 5. The van der Waals surface area contributed by atoms with Gasteiger partial charge in [-0.3, -0.25) is 19.8 Å². The molecule has 2 heterocycles. The summed E-state index contributed by atoms with van der Waals surface area (Å²) in [5, 5.41) is 27.8. The molecule has 0 aliphatic heterocycles. The van der Waals surface area contributed by atoms with Crippen LogP contribution in [0.2, 0.25) is 0 Å². The van der Waals surface area contributed by atoms with E-state index in [2.05, 4.69) is 31.0 Å². The Balaban J connectivity index is 0.000000172. The van der Waals surface area contributed by atoms with E-state index in [1.54, 1.807) is 30.3 Å². The standard InChI is InChI=1S/C21H19N3O3.C20H14F5N3O/c25-20(22-19-12-18(23-24-19)16-7-8-16)11-13-1-3-14(4-2-13)15-5-9-17(10-6-15)21(26)27;21-12-4-2-1-3-10(12)16-19(24)17(22)11(18(23)20(16)25)7-15(29)26-14-8-13(27-28-14)9-5-6-9/h1-6,9-10,12,16H,7-8,11H2,(H,26,27)(H2,22,23,24,25);1-4,8-9H,5-7H2,(H2,26,27,28,29). The van der Waals surface area contributed by atoms with Crippen LogP contribution in [0.15, 0.2) is 84.9 Å². The largest absolute Gasteiger partial charge is 0.478 e. The molecule has 2 amide bonds. The summed E-state index contributed by atoms with van der Waals surface area (Å²) >= 11 is 0. The number of carbonyl (C=O) groups is 3. The number of H-pyrrole nitrogens is 2. The van der Waals surface area contributed by atoms with Gasteiger partial charge < -0.3 is 15.7 Å². The Morgan fingerprint density at radius 2 is 1.12 bits per heavy atom. The van der Waals surface area contributed by atoms with Gasteiger partial charge in [-0.15, -0.1) is 0 Å². The first-order valence-electron chi connectivity index (χ1n) is 17.7. The fourth-order valence-electron chi connectivity index (χ4n) is 6.08. The summed E-state index contributed by atoms with van der Waals surface area (Å²) in [5.41, 5.74) is 2.09. The normalized spacial score (nSPS) is 13.4. The predicted molar refractivity (Wildman–Crippen MR) is 196 cm³/mol. The summed E-state index contributed by atoms with van der Waals surface area (Å²) in [6, 6.07) is 22.3. The molecular formula is C41H33F5N6O4. The zero-order valence-corrected chi connectivity index (χ0v) is 29.4. The van der Waals surface area contributed by atoms with Crippen LogP contribution < -0.4 is 10.6 Å². The lowest BCUT2D eigenvalue weighted by atomic mass is 9.99. The number of carbonyl (C=O) groups excluding carboxylic acids is 2. The summed E-state index contributed by atoms with van der Waals surface area (Å²) in [6.45, 7) is 0. The van der Waals surface area contributed by atoms with Crippen LogP contribution in [0.5, 0.6) is 0 Å². The van der Waals surface area contributed by atoms with Crippen molar-refractivity contribution in [3.05, 3.63) is 142 Å². The van der Waals surface area contributed by atoms with E-state index in [4.69, 9.17) is 5.11 Å². The van der Waals surface area contributed by atoms with Crippen molar-refractivity contribution in [3.8, 4) is 22.3 Å². The van der Waals surface area contributed by atoms with Gasteiger partial charge >= 0.3 is 5.97 Å². The van der Waals surface area contributed by atoms with Crippen LogP contribution in [-0.4, -0.2) is 43.3 Å². The number of aromatic nitrogens is 4. The molecule has 0 spiro atoms. The Morgan fingerprint density at radius 3 is 1.61 bits per heavy atom. The second-order valence-electron chi connectivity index (χ2n) is 13.6. The molecule has 8 rings (SSSR count). The van der Waals surface area contributed by atoms with Crippen LogP contribution in [0, 0.1) is 29.1 Å². The van der Waals surface area contributed by atoms with Gasteiger partial charge in [-0.2, -0.15) is 10.2 Å². The van der Waals surface area contributed by atoms with E-state index in [0.717, 1.165) is 53.1 Å². The molecule has 6 aromatic rings. The van der Waals surface area contributed by atoms with E-state index in [1.165, 1.54) is 25.0 Å². The van der Waals surface area contributed by atoms with Gasteiger partial charge in [0.1, 0.15) is 5.82 Å². The van der Waals surface area contributed by atoms with Crippen molar-refractivity contribution in [1.82, 2.24) is 20.4 Å². The first-order chi connectivity index (χ1) is 26.9. The van der Waals surface area contributed by atoms with Crippen LogP contribution in [0.1, 0.15) is 70.4 Å². The molecule has 0 bridgehead atoms. The van der Waals surface area contributed by atoms with Crippen molar-refractivity contribution in [3.63, 3.8) is 0 Å². The number of aromatic carboxylic acids is 1. The molecule has 0 unspecified atom stereocenters. The number of hydrogen-bond acceptors (Lipinski definition) is 5. The number of nitrogens with zero attached hydrogens (tertiary/aromatic N) is 2. The summed E-state index contributed by atoms with van der Waals surface area (Å²) in [7, 11) is 0. The number of halogens is 5. The van der Waals surface area contributed by atoms with Crippen molar-refractivity contribution in [2.75, 3.05) is 10.6 Å². The third-order valence-electron chi connectivity index (χ3n) is 9.38. The summed E-state index contributed by atoms with van der Waals surface area (Å²) in [4.78, 5) is 35.2. The molecule has 0 radical (unpaired) electrons. The molecule has 4 aromatic carbocycles. The maximum atomic E-state index is 14.4. The van der Waals surface area contributed by atoms with Gasteiger partial charge in [-0.05, 0) is 60.6 Å². The van der Waals surface area contributed by atoms with Crippen molar-refractivity contribution < 1.29 is 41.4 Å². The van der Waals surface area contributed by atoms with E-state index >= 15 is 0 Å². The molecule has 0 atom stereocenters. The van der Waals surface area contributed by atoms with Gasteiger partial charge in [-0.25, -0.2) is 26.7 Å². The minimum absolute atomic E-state index is 0.109. The molecule has 2 saturated carbocycles. The highest BCUT2D eigenvalue weighted by molar-refractivity contribution is 5.92. The summed E-state index contributed by atoms with van der Waals surface area (Å²) in [6.07, 6.45) is 3.66. The third-order valence-corrected chi connectivity index (χ3v) is 9.38. The predicted octanol–water partition coefficient (Wildman–Crippen LogP) is 8.66. The van der Waals surface area contributed by atoms with Crippen molar-refractivity contribution in [2.24, 2.45) is 0 Å². The highest BCUT2D eigenvalue weighted by Gasteiger charge is 2.30. The highest BCUT2D eigenvalue weighted by Crippen LogP contribution is 2.40. The van der Waals surface area contributed by atoms with Crippen LogP contribution in [0.3, 0.4) is 0 Å². The Labute approximate surface area is 316 Å². The number of amides is 2. The van der Waals surface area contributed by atoms with E-state index in [0.29, 0.717) is 17.7 Å². The highest BCUT2D eigenvalue weighted by atomic mass is 19.2. The Bertz CT molecular complexity index is 2390. The first-order valence-corrected chi connectivity index (χ1v) is 17.7. The molecule has 0 saturated heterocycles.